The van der Waals surface area contributed by atoms with E-state index in [1.165, 1.54) is 23.5 Å². The molecule has 29 heavy (non-hydrogen) atoms. The molecule has 9 heteroatoms. The van der Waals surface area contributed by atoms with Crippen LogP contribution in [0.4, 0.5) is 4.39 Å². The van der Waals surface area contributed by atoms with Crippen LogP contribution in [0, 0.1) is 12.7 Å². The van der Waals surface area contributed by atoms with Gasteiger partial charge in [0.2, 0.25) is 5.91 Å². The Balaban J connectivity index is 1.47. The number of rotatable bonds is 5. The topological polar surface area (TPSA) is 64.2 Å². The first-order valence-electron chi connectivity index (χ1n) is 8.83. The normalized spacial score (nSPS) is 12.7. The number of benzene rings is 1. The van der Waals surface area contributed by atoms with Crippen molar-refractivity contribution in [2.24, 2.45) is 0 Å². The van der Waals surface area contributed by atoms with Crippen LogP contribution in [0.1, 0.15) is 30.0 Å². The second kappa shape index (κ2) is 7.81. The third-order valence-corrected chi connectivity index (χ3v) is 5.60. The first-order valence-corrected chi connectivity index (χ1v) is 10.1. The van der Waals surface area contributed by atoms with Crippen molar-refractivity contribution in [3.63, 3.8) is 0 Å². The fraction of sp³-hybridized carbons (Fsp3) is 0.150. The smallest absolute Gasteiger partial charge is 0.244 e. The highest BCUT2D eigenvalue weighted by atomic mass is 35.5. The molecule has 0 saturated heterocycles. The summed E-state index contributed by atoms with van der Waals surface area (Å²) in [6.45, 7) is 3.60. The van der Waals surface area contributed by atoms with Gasteiger partial charge in [0.25, 0.3) is 0 Å². The van der Waals surface area contributed by atoms with Crippen LogP contribution in [0.2, 0.25) is 5.15 Å². The van der Waals surface area contributed by atoms with Gasteiger partial charge in [-0.1, -0.05) is 17.7 Å². The van der Waals surface area contributed by atoms with E-state index in [-0.39, 0.29) is 17.8 Å². The summed E-state index contributed by atoms with van der Waals surface area (Å²) in [6, 6.07) is 4.51. The zero-order valence-electron chi connectivity index (χ0n) is 15.6. The molecule has 1 atom stereocenters. The molecule has 0 saturated carbocycles. The number of fused-ring (bicyclic) bond motifs is 1. The number of imidazole rings is 2. The Morgan fingerprint density at radius 2 is 2.21 bits per heavy atom. The van der Waals surface area contributed by atoms with Gasteiger partial charge in [0.05, 0.1) is 17.4 Å². The van der Waals surface area contributed by atoms with Gasteiger partial charge in [0.1, 0.15) is 11.6 Å². The molecule has 1 amide bonds. The first-order chi connectivity index (χ1) is 13.9. The Bertz CT molecular complexity index is 1220. The van der Waals surface area contributed by atoms with Crippen LogP contribution in [-0.4, -0.2) is 24.8 Å². The van der Waals surface area contributed by atoms with Gasteiger partial charge in [-0.25, -0.2) is 14.4 Å². The number of nitrogens with zero attached hydrogens (tertiary/aromatic N) is 4. The van der Waals surface area contributed by atoms with Crippen molar-refractivity contribution in [2.75, 3.05) is 0 Å². The Hall–Kier alpha value is -2.97. The highest BCUT2D eigenvalue weighted by molar-refractivity contribution is 7.15. The van der Waals surface area contributed by atoms with Crippen LogP contribution >= 0.6 is 22.9 Å². The molecule has 1 aromatic carbocycles. The van der Waals surface area contributed by atoms with Gasteiger partial charge in [0, 0.05) is 30.0 Å². The number of halogens is 2. The van der Waals surface area contributed by atoms with Crippen molar-refractivity contribution in [1.29, 1.82) is 0 Å². The number of hydrogen-bond acceptors (Lipinski definition) is 4. The molecule has 4 aromatic rings. The van der Waals surface area contributed by atoms with Gasteiger partial charge in [-0.2, -0.15) is 0 Å². The maximum absolute atomic E-state index is 14.6. The van der Waals surface area contributed by atoms with Crippen LogP contribution in [0.25, 0.3) is 16.7 Å². The number of thiazole rings is 1. The van der Waals surface area contributed by atoms with Gasteiger partial charge in [0.15, 0.2) is 10.1 Å². The van der Waals surface area contributed by atoms with Gasteiger partial charge >= 0.3 is 0 Å². The molecule has 0 bridgehead atoms. The molecule has 3 aromatic heterocycles. The van der Waals surface area contributed by atoms with E-state index in [2.05, 4.69) is 15.3 Å². The zero-order chi connectivity index (χ0) is 20.5. The first kappa shape index (κ1) is 19.4. The Labute approximate surface area is 175 Å². The maximum Gasteiger partial charge on any atom is 0.244 e. The van der Waals surface area contributed by atoms with Crippen molar-refractivity contribution in [1.82, 2.24) is 24.3 Å². The molecule has 6 nitrogen and oxygen atoms in total. The summed E-state index contributed by atoms with van der Waals surface area (Å²) < 4.78 is 18.1. The molecule has 0 aliphatic carbocycles. The minimum absolute atomic E-state index is 0.311. The molecule has 1 N–H and O–H groups in total. The lowest BCUT2D eigenvalue weighted by Crippen LogP contribution is -2.24. The van der Waals surface area contributed by atoms with E-state index >= 15 is 0 Å². The van der Waals surface area contributed by atoms with Crippen molar-refractivity contribution < 1.29 is 9.18 Å². The number of amides is 1. The van der Waals surface area contributed by atoms with Gasteiger partial charge < -0.3 is 9.88 Å². The summed E-state index contributed by atoms with van der Waals surface area (Å²) in [5, 5.41) is 5.06. The summed E-state index contributed by atoms with van der Waals surface area (Å²) in [4.78, 5) is 21.4. The summed E-state index contributed by atoms with van der Waals surface area (Å²) in [5.74, 6) is 0.00113. The fourth-order valence-corrected chi connectivity index (χ4v) is 4.05. The van der Waals surface area contributed by atoms with Crippen molar-refractivity contribution in [2.45, 2.75) is 19.9 Å². The SMILES string of the molecule is Cc1nccn1-c1ccc([C@@H](C)NC(=O)/C=C/c2c(Cl)nc3sccn23)cc1F. The number of carbonyl (C=O) groups excluding carboxylic acids is 1. The molecule has 0 radical (unpaired) electrons. The lowest BCUT2D eigenvalue weighted by molar-refractivity contribution is -0.117. The molecule has 148 valence electrons. The summed E-state index contributed by atoms with van der Waals surface area (Å²) >= 11 is 7.58. The number of aromatic nitrogens is 4. The van der Waals surface area contributed by atoms with E-state index in [9.17, 15) is 9.18 Å². The highest BCUT2D eigenvalue weighted by Gasteiger charge is 2.13. The van der Waals surface area contributed by atoms with E-state index in [4.69, 9.17) is 11.6 Å². The van der Waals surface area contributed by atoms with E-state index < -0.39 is 0 Å². The van der Waals surface area contributed by atoms with Crippen LogP contribution in [0.3, 0.4) is 0 Å². The molecule has 0 fully saturated rings. The molecule has 0 aliphatic heterocycles. The Morgan fingerprint density at radius 1 is 1.38 bits per heavy atom. The molecule has 0 aliphatic rings. The van der Waals surface area contributed by atoms with Crippen LogP contribution in [0.15, 0.2) is 48.2 Å². The van der Waals surface area contributed by atoms with Crippen LogP contribution in [-0.2, 0) is 4.79 Å². The molecule has 0 unspecified atom stereocenters. The lowest BCUT2D eigenvalue weighted by Gasteiger charge is -2.15. The third-order valence-electron chi connectivity index (χ3n) is 4.56. The van der Waals surface area contributed by atoms with Crippen molar-refractivity contribution in [3.05, 3.63) is 76.3 Å². The molecular formula is C20H17ClFN5OS. The van der Waals surface area contributed by atoms with Gasteiger partial charge in [-0.3, -0.25) is 9.20 Å². The predicted octanol–water partition coefficient (Wildman–Crippen LogP) is 4.57. The minimum atomic E-state index is -0.383. The Kier molecular flexibility index (Phi) is 5.21. The minimum Gasteiger partial charge on any atom is -0.346 e. The average molecular weight is 430 g/mol. The summed E-state index contributed by atoms with van der Waals surface area (Å²) in [7, 11) is 0. The van der Waals surface area contributed by atoms with Gasteiger partial charge in [-0.05, 0) is 37.6 Å². The average Bonchev–Trinajstić information content (AvgIpc) is 3.37. The van der Waals surface area contributed by atoms with E-state index in [0.717, 1.165) is 4.96 Å². The second-order valence-electron chi connectivity index (χ2n) is 6.46. The Morgan fingerprint density at radius 3 is 2.93 bits per heavy atom. The largest absolute Gasteiger partial charge is 0.346 e. The van der Waals surface area contributed by atoms with E-state index in [1.54, 1.807) is 49.0 Å². The number of carbonyl (C=O) groups is 1. The van der Waals surface area contributed by atoms with E-state index in [0.29, 0.717) is 27.9 Å². The fourth-order valence-electron chi connectivity index (χ4n) is 3.05. The number of nitrogens with one attached hydrogen (secondary N) is 1. The highest BCUT2D eigenvalue weighted by Crippen LogP contribution is 2.23. The molecule has 4 rings (SSSR count). The summed E-state index contributed by atoms with van der Waals surface area (Å²) in [6.07, 6.45) is 8.17. The van der Waals surface area contributed by atoms with Crippen molar-refractivity contribution in [3.8, 4) is 5.69 Å². The zero-order valence-corrected chi connectivity index (χ0v) is 17.2. The molecule has 0 spiro atoms. The summed E-state index contributed by atoms with van der Waals surface area (Å²) in [5.41, 5.74) is 1.71. The third kappa shape index (κ3) is 3.81. The van der Waals surface area contributed by atoms with Crippen LogP contribution < -0.4 is 5.32 Å². The standard InChI is InChI=1S/C20H17ClFN5OS/c1-12(14-3-4-16(15(22)11-14)26-8-7-23-13(26)2)24-18(28)6-5-17-19(21)25-20-27(17)9-10-29-20/h3-12H,1-2H3,(H,24,28)/b6-5+/t12-/m1/s1. The maximum atomic E-state index is 14.6. The molecular weight excluding hydrogens is 413 g/mol. The predicted molar refractivity (Wildman–Crippen MR) is 112 cm³/mol. The number of hydrogen-bond donors (Lipinski definition) is 1. The quantitative estimate of drug-likeness (QED) is 0.472. The van der Waals surface area contributed by atoms with E-state index in [1.807, 2.05) is 16.0 Å². The lowest BCUT2D eigenvalue weighted by atomic mass is 10.1. The van der Waals surface area contributed by atoms with Crippen molar-refractivity contribution >= 4 is 39.9 Å². The molecule has 3 heterocycles. The number of aryl methyl sites for hydroxylation is 1. The van der Waals surface area contributed by atoms with Gasteiger partial charge in [-0.15, -0.1) is 11.3 Å². The van der Waals surface area contributed by atoms with Crippen LogP contribution in [0.5, 0.6) is 0 Å². The second-order valence-corrected chi connectivity index (χ2v) is 7.69. The monoisotopic (exact) mass is 429 g/mol.